The first-order valence-electron chi connectivity index (χ1n) is 8.68. The first-order valence-corrected chi connectivity index (χ1v) is 8.68. The Morgan fingerprint density at radius 1 is 1.08 bits per heavy atom. The van der Waals surface area contributed by atoms with Crippen molar-refractivity contribution in [3.8, 4) is 0 Å². The minimum Gasteiger partial charge on any atom is -0.481 e. The van der Waals surface area contributed by atoms with Crippen molar-refractivity contribution in [2.75, 3.05) is 13.1 Å². The maximum atomic E-state index is 12.6. The van der Waals surface area contributed by atoms with Gasteiger partial charge in [-0.1, -0.05) is 43.2 Å². The fourth-order valence-corrected chi connectivity index (χ4v) is 4.09. The third-order valence-corrected chi connectivity index (χ3v) is 5.42. The lowest BCUT2D eigenvalue weighted by Crippen LogP contribution is -2.33. The summed E-state index contributed by atoms with van der Waals surface area (Å²) in [6, 6.07) is 9.56. The molecule has 5 heteroatoms. The van der Waals surface area contributed by atoms with E-state index in [1.807, 2.05) is 35.2 Å². The predicted molar refractivity (Wildman–Crippen MR) is 91.5 cm³/mol. The summed E-state index contributed by atoms with van der Waals surface area (Å²) in [4.78, 5) is 26.0. The summed E-state index contributed by atoms with van der Waals surface area (Å²) >= 11 is 0. The van der Waals surface area contributed by atoms with Gasteiger partial charge in [-0.15, -0.1) is 0 Å². The normalized spacial score (nSPS) is 23.9. The molecule has 1 aromatic rings. The molecular formula is C19H27NO4. The van der Waals surface area contributed by atoms with Gasteiger partial charge in [-0.05, 0) is 36.7 Å². The Morgan fingerprint density at radius 2 is 1.67 bits per heavy atom. The molecule has 2 fully saturated rings. The van der Waals surface area contributed by atoms with Gasteiger partial charge in [0, 0.05) is 19.5 Å². The van der Waals surface area contributed by atoms with Gasteiger partial charge in [0.05, 0.1) is 5.92 Å². The summed E-state index contributed by atoms with van der Waals surface area (Å²) < 4.78 is 0. The smallest absolute Gasteiger partial charge is 0.307 e. The fourth-order valence-electron chi connectivity index (χ4n) is 4.09. The molecule has 2 unspecified atom stereocenters. The number of amides is 1. The van der Waals surface area contributed by atoms with Gasteiger partial charge >= 0.3 is 5.97 Å². The highest BCUT2D eigenvalue weighted by molar-refractivity contribution is 5.82. The van der Waals surface area contributed by atoms with Crippen LogP contribution in [0.4, 0.5) is 0 Å². The topological polar surface area (TPSA) is 89.1 Å². The van der Waals surface area contributed by atoms with Crippen LogP contribution in [-0.4, -0.2) is 40.4 Å². The first-order chi connectivity index (χ1) is 11.1. The average Bonchev–Trinajstić information content (AvgIpc) is 2.99. The van der Waals surface area contributed by atoms with Gasteiger partial charge in [0.2, 0.25) is 5.91 Å². The lowest BCUT2D eigenvalue weighted by atomic mass is 9.82. The summed E-state index contributed by atoms with van der Waals surface area (Å²) in [6.07, 6.45) is 5.53. The molecule has 0 spiro atoms. The summed E-state index contributed by atoms with van der Waals surface area (Å²) in [5, 5.41) is 9.46. The molecule has 1 amide bonds. The number of aliphatic carboxylic acids is 1. The number of benzene rings is 1. The maximum absolute atomic E-state index is 12.6. The number of hydrogen-bond donors (Lipinski definition) is 1. The first kappa shape index (κ1) is 18.5. The van der Waals surface area contributed by atoms with Gasteiger partial charge in [-0.3, -0.25) is 9.59 Å². The maximum Gasteiger partial charge on any atom is 0.307 e. The lowest BCUT2D eigenvalue weighted by Gasteiger charge is -2.22. The third kappa shape index (κ3) is 4.35. The second kappa shape index (κ2) is 8.29. The van der Waals surface area contributed by atoms with Gasteiger partial charge in [0.15, 0.2) is 0 Å². The molecular weight excluding hydrogens is 306 g/mol. The summed E-state index contributed by atoms with van der Waals surface area (Å²) in [5.41, 5.74) is 0.975. The molecule has 1 saturated heterocycles. The Hall–Kier alpha value is -1.88. The Morgan fingerprint density at radius 3 is 2.21 bits per heavy atom. The molecule has 1 aromatic carbocycles. The van der Waals surface area contributed by atoms with Crippen LogP contribution in [0, 0.1) is 17.8 Å². The van der Waals surface area contributed by atoms with Gasteiger partial charge in [0.25, 0.3) is 0 Å². The predicted octanol–water partition coefficient (Wildman–Crippen LogP) is 2.14. The number of carboxylic acids is 1. The van der Waals surface area contributed by atoms with Crippen LogP contribution in [0.1, 0.15) is 37.7 Å². The molecule has 3 N–H and O–H groups in total. The van der Waals surface area contributed by atoms with E-state index in [9.17, 15) is 14.7 Å². The molecule has 5 nitrogen and oxygen atoms in total. The van der Waals surface area contributed by atoms with Gasteiger partial charge < -0.3 is 15.5 Å². The number of nitrogens with zero attached hydrogens (tertiary/aromatic N) is 1. The Labute approximate surface area is 143 Å². The second-order valence-electron chi connectivity index (χ2n) is 7.03. The van der Waals surface area contributed by atoms with Gasteiger partial charge in [-0.2, -0.15) is 0 Å². The Bertz CT molecular complexity index is 546. The Kier molecular flexibility index (Phi) is 6.37. The minimum atomic E-state index is -0.876. The van der Waals surface area contributed by atoms with E-state index in [1.54, 1.807) is 0 Å². The van der Waals surface area contributed by atoms with Crippen molar-refractivity contribution >= 4 is 11.9 Å². The highest BCUT2D eigenvalue weighted by Gasteiger charge is 2.37. The Balaban J connectivity index is 0.00000208. The summed E-state index contributed by atoms with van der Waals surface area (Å²) in [6.45, 7) is 1.67. The number of hydrogen-bond acceptors (Lipinski definition) is 2. The van der Waals surface area contributed by atoms with Gasteiger partial charge in [0.1, 0.15) is 0 Å². The van der Waals surface area contributed by atoms with Crippen LogP contribution in [0.15, 0.2) is 30.3 Å². The standard InChI is InChI=1S/C19H25NO3.H2O/c21-18(20-12-15-8-4-5-9-16(15)13-20)11-17(19(22)23)10-14-6-2-1-3-7-14;/h1-3,6-7,15-17H,4-5,8-13H2,(H,22,23);1H2/t15?,16?,17-;/m0./s1. The minimum absolute atomic E-state index is 0. The molecule has 1 aliphatic heterocycles. The molecule has 1 aliphatic carbocycles. The van der Waals surface area contributed by atoms with E-state index in [4.69, 9.17) is 0 Å². The zero-order valence-corrected chi connectivity index (χ0v) is 14.0. The molecule has 1 saturated carbocycles. The van der Waals surface area contributed by atoms with E-state index in [1.165, 1.54) is 25.7 Å². The number of rotatable bonds is 5. The van der Waals surface area contributed by atoms with E-state index < -0.39 is 11.9 Å². The van der Waals surface area contributed by atoms with Crippen molar-refractivity contribution in [2.24, 2.45) is 17.8 Å². The molecule has 1 heterocycles. The number of fused-ring (bicyclic) bond motifs is 1. The van der Waals surface area contributed by atoms with Crippen LogP contribution < -0.4 is 0 Å². The largest absolute Gasteiger partial charge is 0.481 e. The fraction of sp³-hybridized carbons (Fsp3) is 0.579. The van der Waals surface area contributed by atoms with E-state index in [0.717, 1.165) is 18.7 Å². The molecule has 0 radical (unpaired) electrons. The van der Waals surface area contributed by atoms with Crippen molar-refractivity contribution in [1.29, 1.82) is 0 Å². The molecule has 0 bridgehead atoms. The number of carbonyl (C=O) groups is 2. The number of likely N-dealkylation sites (tertiary alicyclic amines) is 1. The van der Waals surface area contributed by atoms with Crippen LogP contribution in [0.25, 0.3) is 0 Å². The van der Waals surface area contributed by atoms with Crippen molar-refractivity contribution in [3.63, 3.8) is 0 Å². The van der Waals surface area contributed by atoms with Gasteiger partial charge in [-0.25, -0.2) is 0 Å². The van der Waals surface area contributed by atoms with Crippen LogP contribution >= 0.6 is 0 Å². The van der Waals surface area contributed by atoms with E-state index in [2.05, 4.69) is 0 Å². The van der Waals surface area contributed by atoms with Crippen LogP contribution in [-0.2, 0) is 16.0 Å². The number of carboxylic acid groups (broad SMARTS) is 1. The van der Waals surface area contributed by atoms with Crippen LogP contribution in [0.3, 0.4) is 0 Å². The van der Waals surface area contributed by atoms with E-state index in [-0.39, 0.29) is 17.8 Å². The zero-order valence-electron chi connectivity index (χ0n) is 14.0. The van der Waals surface area contributed by atoms with Crippen molar-refractivity contribution < 1.29 is 20.2 Å². The molecule has 2 aliphatic rings. The monoisotopic (exact) mass is 333 g/mol. The SMILES string of the molecule is O.O=C(O)[C@H](CC(=O)N1CC2CCCCC2C1)Cc1ccccc1. The highest BCUT2D eigenvalue weighted by atomic mass is 16.4. The molecule has 3 atom stereocenters. The lowest BCUT2D eigenvalue weighted by molar-refractivity contribution is -0.145. The van der Waals surface area contributed by atoms with Crippen LogP contribution in [0.5, 0.6) is 0 Å². The number of carbonyl (C=O) groups excluding carboxylic acids is 1. The molecule has 3 rings (SSSR count). The van der Waals surface area contributed by atoms with Crippen molar-refractivity contribution in [1.82, 2.24) is 4.90 Å². The molecule has 132 valence electrons. The van der Waals surface area contributed by atoms with E-state index >= 15 is 0 Å². The highest BCUT2D eigenvalue weighted by Crippen LogP contribution is 2.36. The van der Waals surface area contributed by atoms with Crippen molar-refractivity contribution in [2.45, 2.75) is 38.5 Å². The van der Waals surface area contributed by atoms with Crippen molar-refractivity contribution in [3.05, 3.63) is 35.9 Å². The summed E-state index contributed by atoms with van der Waals surface area (Å²) in [5.74, 6) is -0.204. The van der Waals surface area contributed by atoms with E-state index in [0.29, 0.717) is 18.3 Å². The average molecular weight is 333 g/mol. The quantitative estimate of drug-likeness (QED) is 0.895. The molecule has 0 aromatic heterocycles. The zero-order chi connectivity index (χ0) is 16.2. The second-order valence-corrected chi connectivity index (χ2v) is 7.03. The molecule has 24 heavy (non-hydrogen) atoms. The third-order valence-electron chi connectivity index (χ3n) is 5.42. The summed E-state index contributed by atoms with van der Waals surface area (Å²) in [7, 11) is 0. The van der Waals surface area contributed by atoms with Crippen LogP contribution in [0.2, 0.25) is 0 Å².